The van der Waals surface area contributed by atoms with Crippen molar-refractivity contribution in [2.75, 3.05) is 4.90 Å². The van der Waals surface area contributed by atoms with E-state index < -0.39 is 52.6 Å². The summed E-state index contributed by atoms with van der Waals surface area (Å²) in [7, 11) is 0. The van der Waals surface area contributed by atoms with Gasteiger partial charge in [0.05, 0.1) is 40.4 Å². The second kappa shape index (κ2) is 10.3. The molecule has 1 aromatic heterocycles. The number of nitrogens with zero attached hydrogens (tertiary/aromatic N) is 2. The Morgan fingerprint density at radius 2 is 1.74 bits per heavy atom. The van der Waals surface area contributed by atoms with Gasteiger partial charge in [-0.25, -0.2) is 9.29 Å². The lowest BCUT2D eigenvalue weighted by atomic mass is 9.51. The first-order valence-corrected chi connectivity index (χ1v) is 16.5. The number of fused-ring (bicyclic) bond motifs is 5. The van der Waals surface area contributed by atoms with E-state index in [0.717, 1.165) is 32.4 Å². The zero-order valence-electron chi connectivity index (χ0n) is 24.7. The molecule has 4 aromatic rings. The van der Waals surface area contributed by atoms with E-state index in [9.17, 15) is 28.7 Å². The van der Waals surface area contributed by atoms with E-state index in [4.69, 9.17) is 11.6 Å². The van der Waals surface area contributed by atoms with Crippen LogP contribution in [0.15, 0.2) is 83.8 Å². The molecular weight excluding hydrogens is 627 g/mol. The molecule has 3 aromatic carbocycles. The van der Waals surface area contributed by atoms with Crippen molar-refractivity contribution in [1.29, 1.82) is 0 Å². The number of halogens is 2. The molecule has 0 radical (unpaired) electrons. The third-order valence-corrected chi connectivity index (χ3v) is 11.8. The number of allylic oxidation sites excluding steroid dienone is 2. The summed E-state index contributed by atoms with van der Waals surface area (Å²) in [4.78, 5) is 60.3. The SMILES string of the molecule is C[C@@]12C(=O)N(c3ccc(F)c(Cl)c3)C(=O)[C@@H]1C[C@@H]1C(=CC[C@@H]3C(=O)N(Cc4cccs4)C(=O)[C@@H]31)[C@@H]2c1ccc(O)c2ccccc12. The van der Waals surface area contributed by atoms with Gasteiger partial charge in [-0.1, -0.05) is 59.6 Å². The van der Waals surface area contributed by atoms with Crippen LogP contribution in [0.2, 0.25) is 5.02 Å². The summed E-state index contributed by atoms with van der Waals surface area (Å²) >= 11 is 7.59. The number of phenolic OH excluding ortho intramolecular Hbond substituents is 1. The van der Waals surface area contributed by atoms with Crippen LogP contribution in [0.25, 0.3) is 10.8 Å². The first-order valence-electron chi connectivity index (χ1n) is 15.2. The first-order chi connectivity index (χ1) is 22.1. The van der Waals surface area contributed by atoms with Crippen molar-refractivity contribution in [3.05, 3.63) is 105 Å². The van der Waals surface area contributed by atoms with E-state index in [-0.39, 0.29) is 41.2 Å². The minimum atomic E-state index is -1.28. The molecule has 1 saturated carbocycles. The third-order valence-electron chi connectivity index (χ3n) is 10.7. The highest BCUT2D eigenvalue weighted by atomic mass is 35.5. The van der Waals surface area contributed by atoms with Gasteiger partial charge >= 0.3 is 0 Å². The van der Waals surface area contributed by atoms with Gasteiger partial charge < -0.3 is 5.11 Å². The Bertz CT molecular complexity index is 2030. The van der Waals surface area contributed by atoms with Gasteiger partial charge in [0, 0.05) is 16.2 Å². The number of phenols is 1. The van der Waals surface area contributed by atoms with E-state index in [0.29, 0.717) is 11.8 Å². The number of rotatable bonds is 4. The average Bonchev–Trinajstić information content (AvgIpc) is 3.70. The largest absolute Gasteiger partial charge is 0.507 e. The molecule has 10 heteroatoms. The van der Waals surface area contributed by atoms with Crippen molar-refractivity contribution in [3.8, 4) is 5.75 Å². The lowest BCUT2D eigenvalue weighted by Gasteiger charge is -2.49. The molecule has 3 heterocycles. The van der Waals surface area contributed by atoms with E-state index in [1.807, 2.05) is 41.8 Å². The van der Waals surface area contributed by atoms with Crippen molar-refractivity contribution in [2.45, 2.75) is 32.2 Å². The molecular formula is C36H28ClFN2O5S. The summed E-state index contributed by atoms with van der Waals surface area (Å²) in [6.45, 7) is 2.00. The molecule has 0 bridgehead atoms. The molecule has 4 aliphatic rings. The van der Waals surface area contributed by atoms with Crippen LogP contribution >= 0.6 is 22.9 Å². The van der Waals surface area contributed by atoms with Gasteiger partial charge in [-0.3, -0.25) is 24.1 Å². The molecule has 2 aliphatic heterocycles. The lowest BCUT2D eigenvalue weighted by Crippen LogP contribution is -2.48. The maximum absolute atomic E-state index is 14.7. The van der Waals surface area contributed by atoms with Crippen molar-refractivity contribution >= 4 is 63.0 Å². The molecule has 2 aliphatic carbocycles. The molecule has 46 heavy (non-hydrogen) atoms. The van der Waals surface area contributed by atoms with E-state index in [1.165, 1.54) is 28.4 Å². The maximum atomic E-state index is 14.7. The fourth-order valence-electron chi connectivity index (χ4n) is 8.57. The van der Waals surface area contributed by atoms with Gasteiger partial charge in [0.2, 0.25) is 23.6 Å². The smallest absolute Gasteiger partial charge is 0.241 e. The zero-order chi connectivity index (χ0) is 32.1. The Kier molecular flexibility index (Phi) is 6.54. The maximum Gasteiger partial charge on any atom is 0.241 e. The number of hydrogen-bond donors (Lipinski definition) is 1. The average molecular weight is 655 g/mol. The number of aromatic hydroxyl groups is 1. The summed E-state index contributed by atoms with van der Waals surface area (Å²) in [5.74, 6) is -5.10. The van der Waals surface area contributed by atoms with Crippen LogP contribution in [0, 0.1) is 34.9 Å². The third kappa shape index (κ3) is 3.94. The molecule has 2 saturated heterocycles. The van der Waals surface area contributed by atoms with E-state index in [2.05, 4.69) is 0 Å². The second-order valence-electron chi connectivity index (χ2n) is 12.8. The number of amides is 4. The van der Waals surface area contributed by atoms with Crippen LogP contribution in [0.3, 0.4) is 0 Å². The summed E-state index contributed by atoms with van der Waals surface area (Å²) in [5, 5.41) is 13.8. The number of hydrogen-bond acceptors (Lipinski definition) is 6. The van der Waals surface area contributed by atoms with Gasteiger partial charge in [-0.2, -0.15) is 0 Å². The summed E-state index contributed by atoms with van der Waals surface area (Å²) in [6, 6.07) is 18.3. The molecule has 6 atom stereocenters. The minimum Gasteiger partial charge on any atom is -0.507 e. The number of carbonyl (C=O) groups excluding carboxylic acids is 4. The van der Waals surface area contributed by atoms with Gasteiger partial charge in [0.1, 0.15) is 11.6 Å². The van der Waals surface area contributed by atoms with Crippen LogP contribution in [-0.4, -0.2) is 33.6 Å². The standard InChI is InChI=1S/C36H28ClFN2O5S/c1-36-26(33(43)40(35(36)45)18-8-12-28(38)27(37)15-18)16-25-23(31(36)22-11-13-29(41)21-7-3-2-6-20(21)22)9-10-24-30(25)34(44)39(32(24)42)17-19-5-4-14-46-19/h2-9,11-15,24-26,30-31,41H,10,16-17H2,1H3/t24-,25+,26-,30-,31-,36+/m0/s1. The Hall–Kier alpha value is -4.34. The molecule has 1 N–H and O–H groups in total. The molecule has 232 valence electrons. The molecule has 3 fully saturated rings. The van der Waals surface area contributed by atoms with Crippen molar-refractivity contribution in [3.63, 3.8) is 0 Å². The van der Waals surface area contributed by atoms with E-state index in [1.54, 1.807) is 25.1 Å². The molecule has 8 rings (SSSR count). The van der Waals surface area contributed by atoms with Gasteiger partial charge in [-0.05, 0) is 72.3 Å². The highest BCUT2D eigenvalue weighted by Gasteiger charge is 2.67. The predicted octanol–water partition coefficient (Wildman–Crippen LogP) is 6.83. The van der Waals surface area contributed by atoms with Crippen molar-refractivity contribution in [2.24, 2.45) is 29.1 Å². The van der Waals surface area contributed by atoms with Crippen LogP contribution in [0.5, 0.6) is 5.75 Å². The molecule has 0 unspecified atom stereocenters. The fraction of sp³-hybridized carbons (Fsp3) is 0.278. The number of anilines is 1. The summed E-state index contributed by atoms with van der Waals surface area (Å²) in [5.41, 5.74) is 0.503. The number of benzene rings is 3. The Morgan fingerprint density at radius 3 is 2.48 bits per heavy atom. The van der Waals surface area contributed by atoms with Gasteiger partial charge in [0.25, 0.3) is 0 Å². The Morgan fingerprint density at radius 1 is 0.957 bits per heavy atom. The number of imide groups is 2. The highest BCUT2D eigenvalue weighted by molar-refractivity contribution is 7.09. The van der Waals surface area contributed by atoms with E-state index >= 15 is 0 Å². The summed E-state index contributed by atoms with van der Waals surface area (Å²) in [6.07, 6.45) is 2.56. The molecule has 4 amide bonds. The van der Waals surface area contributed by atoms with Crippen LogP contribution < -0.4 is 4.90 Å². The second-order valence-corrected chi connectivity index (χ2v) is 14.3. The van der Waals surface area contributed by atoms with Crippen LogP contribution in [-0.2, 0) is 25.7 Å². The Balaban J connectivity index is 1.30. The number of thiophene rings is 1. The topological polar surface area (TPSA) is 95.0 Å². The first kappa shape index (κ1) is 29.1. The summed E-state index contributed by atoms with van der Waals surface area (Å²) < 4.78 is 14.1. The normalized spacial score (nSPS) is 28.8. The van der Waals surface area contributed by atoms with Crippen molar-refractivity contribution < 1.29 is 28.7 Å². The highest BCUT2D eigenvalue weighted by Crippen LogP contribution is 2.64. The van der Waals surface area contributed by atoms with Gasteiger partial charge in [-0.15, -0.1) is 11.3 Å². The molecule has 0 spiro atoms. The van der Waals surface area contributed by atoms with Crippen molar-refractivity contribution in [1.82, 2.24) is 4.90 Å². The lowest BCUT2D eigenvalue weighted by molar-refractivity contribution is -0.141. The zero-order valence-corrected chi connectivity index (χ0v) is 26.2. The van der Waals surface area contributed by atoms with Crippen LogP contribution in [0.4, 0.5) is 10.1 Å². The quantitative estimate of drug-likeness (QED) is 0.192. The number of carbonyl (C=O) groups is 4. The predicted molar refractivity (Wildman–Crippen MR) is 172 cm³/mol. The van der Waals surface area contributed by atoms with Gasteiger partial charge in [0.15, 0.2) is 0 Å². The Labute approximate surface area is 272 Å². The minimum absolute atomic E-state index is 0.0864. The fourth-order valence-corrected chi connectivity index (χ4v) is 9.43. The number of likely N-dealkylation sites (tertiary alicyclic amines) is 1. The molecule has 7 nitrogen and oxygen atoms in total. The van der Waals surface area contributed by atoms with Crippen LogP contribution in [0.1, 0.15) is 36.1 Å². The monoisotopic (exact) mass is 654 g/mol.